The fraction of sp³-hybridized carbons (Fsp3) is 0.133. The van der Waals surface area contributed by atoms with Crippen LogP contribution in [0.25, 0.3) is 0 Å². The van der Waals surface area contributed by atoms with Gasteiger partial charge < -0.3 is 4.74 Å². The maximum absolute atomic E-state index is 6.07. The van der Waals surface area contributed by atoms with E-state index in [2.05, 4.69) is 4.99 Å². The summed E-state index contributed by atoms with van der Waals surface area (Å²) >= 11 is 17.9. The quantitative estimate of drug-likeness (QED) is 0.650. The van der Waals surface area contributed by atoms with Gasteiger partial charge in [-0.1, -0.05) is 34.8 Å². The van der Waals surface area contributed by atoms with Crippen molar-refractivity contribution in [2.75, 3.05) is 6.61 Å². The summed E-state index contributed by atoms with van der Waals surface area (Å²) in [6.07, 6.45) is 1.67. The predicted octanol–water partition coefficient (Wildman–Crippen LogP) is 5.80. The maximum atomic E-state index is 6.07. The normalized spacial score (nSPS) is 11.0. The molecule has 0 N–H and O–H groups in total. The van der Waals surface area contributed by atoms with Gasteiger partial charge >= 0.3 is 0 Å². The smallest absolute Gasteiger partial charge is 0.128 e. The summed E-state index contributed by atoms with van der Waals surface area (Å²) in [6.45, 7) is 2.50. The summed E-state index contributed by atoms with van der Waals surface area (Å²) in [5.74, 6) is 0.728. The van der Waals surface area contributed by atoms with Gasteiger partial charge in [-0.2, -0.15) is 0 Å². The molecule has 0 aliphatic carbocycles. The lowest BCUT2D eigenvalue weighted by molar-refractivity contribution is 0.340. The lowest BCUT2D eigenvalue weighted by Gasteiger charge is -2.07. The molecule has 0 aromatic heterocycles. The van der Waals surface area contributed by atoms with Gasteiger partial charge in [-0.25, -0.2) is 0 Å². The Balaban J connectivity index is 2.32. The zero-order valence-corrected chi connectivity index (χ0v) is 13.0. The van der Waals surface area contributed by atoms with Crippen LogP contribution in [0.3, 0.4) is 0 Å². The second-order valence-corrected chi connectivity index (χ2v) is 5.25. The SMILES string of the molecule is CCOc1ccc(Cl)cc1C=Nc1ccc(Cl)cc1Cl. The molecule has 0 amide bonds. The summed E-state index contributed by atoms with van der Waals surface area (Å²) in [5.41, 5.74) is 1.43. The van der Waals surface area contributed by atoms with Crippen LogP contribution in [0.5, 0.6) is 5.75 Å². The van der Waals surface area contributed by atoms with Crippen molar-refractivity contribution in [2.45, 2.75) is 6.92 Å². The largest absolute Gasteiger partial charge is 0.493 e. The minimum absolute atomic E-state index is 0.494. The number of ether oxygens (including phenoxy) is 1. The van der Waals surface area contributed by atoms with Crippen molar-refractivity contribution in [3.63, 3.8) is 0 Å². The molecule has 104 valence electrons. The molecule has 0 spiro atoms. The fourth-order valence-corrected chi connectivity index (χ4v) is 2.27. The van der Waals surface area contributed by atoms with E-state index in [9.17, 15) is 0 Å². The predicted molar refractivity (Wildman–Crippen MR) is 86.3 cm³/mol. The Hall–Kier alpha value is -1.22. The Morgan fingerprint density at radius 2 is 1.75 bits per heavy atom. The Labute approximate surface area is 133 Å². The van der Waals surface area contributed by atoms with Crippen molar-refractivity contribution >= 4 is 46.7 Å². The molecule has 0 atom stereocenters. The Morgan fingerprint density at radius 1 is 1.05 bits per heavy atom. The molecular weight excluding hydrogens is 317 g/mol. The number of benzene rings is 2. The standard InChI is InChI=1S/C15H12Cl3NO/c1-2-20-15-6-4-11(16)7-10(15)9-19-14-5-3-12(17)8-13(14)18/h3-9H,2H2,1H3. The molecule has 0 fully saturated rings. The van der Waals surface area contributed by atoms with E-state index in [-0.39, 0.29) is 0 Å². The van der Waals surface area contributed by atoms with Gasteiger partial charge in [-0.05, 0) is 43.3 Å². The molecule has 2 aromatic rings. The van der Waals surface area contributed by atoms with Gasteiger partial charge in [0.15, 0.2) is 0 Å². The molecule has 2 nitrogen and oxygen atoms in total. The van der Waals surface area contributed by atoms with Crippen molar-refractivity contribution in [1.29, 1.82) is 0 Å². The third-order valence-electron chi connectivity index (χ3n) is 2.52. The average molecular weight is 329 g/mol. The zero-order chi connectivity index (χ0) is 14.5. The third kappa shape index (κ3) is 3.89. The first kappa shape index (κ1) is 15.2. The molecule has 0 aliphatic heterocycles. The first-order valence-corrected chi connectivity index (χ1v) is 7.15. The lowest BCUT2D eigenvalue weighted by Crippen LogP contribution is -1.95. The molecule has 0 heterocycles. The van der Waals surface area contributed by atoms with Gasteiger partial charge in [0.05, 0.1) is 17.3 Å². The van der Waals surface area contributed by atoms with Gasteiger partial charge in [0, 0.05) is 21.8 Å². The molecule has 2 rings (SSSR count). The third-order valence-corrected chi connectivity index (χ3v) is 3.30. The van der Waals surface area contributed by atoms with Crippen LogP contribution in [0, 0.1) is 0 Å². The first-order chi connectivity index (χ1) is 9.60. The maximum Gasteiger partial charge on any atom is 0.128 e. The summed E-state index contributed by atoms with van der Waals surface area (Å²) in [5, 5.41) is 1.69. The second kappa shape index (κ2) is 6.98. The van der Waals surface area contributed by atoms with E-state index >= 15 is 0 Å². The minimum Gasteiger partial charge on any atom is -0.493 e. The van der Waals surface area contributed by atoms with E-state index in [0.717, 1.165) is 11.3 Å². The number of hydrogen-bond donors (Lipinski definition) is 0. The van der Waals surface area contributed by atoms with E-state index in [0.29, 0.717) is 27.4 Å². The Kier molecular flexibility index (Phi) is 5.30. The molecule has 0 bridgehead atoms. The van der Waals surface area contributed by atoms with Crippen LogP contribution in [0.4, 0.5) is 5.69 Å². The highest BCUT2D eigenvalue weighted by Crippen LogP contribution is 2.28. The second-order valence-electron chi connectivity index (χ2n) is 3.97. The number of nitrogens with zero attached hydrogens (tertiary/aromatic N) is 1. The molecule has 0 saturated carbocycles. The van der Waals surface area contributed by atoms with Crippen molar-refractivity contribution < 1.29 is 4.74 Å². The van der Waals surface area contributed by atoms with E-state index in [1.807, 2.05) is 13.0 Å². The first-order valence-electron chi connectivity index (χ1n) is 6.01. The van der Waals surface area contributed by atoms with Gasteiger partial charge in [-0.3, -0.25) is 4.99 Å². The van der Waals surface area contributed by atoms with Crippen molar-refractivity contribution in [3.05, 3.63) is 57.0 Å². The van der Waals surface area contributed by atoms with Crippen LogP contribution in [-0.2, 0) is 0 Å². The van der Waals surface area contributed by atoms with E-state index in [1.54, 1.807) is 36.5 Å². The summed E-state index contributed by atoms with van der Waals surface area (Å²) in [4.78, 5) is 4.35. The van der Waals surface area contributed by atoms with Crippen LogP contribution < -0.4 is 4.74 Å². The highest BCUT2D eigenvalue weighted by molar-refractivity contribution is 6.36. The van der Waals surface area contributed by atoms with Crippen molar-refractivity contribution in [1.82, 2.24) is 0 Å². The molecular formula is C15H12Cl3NO. The van der Waals surface area contributed by atoms with E-state index in [4.69, 9.17) is 39.5 Å². The van der Waals surface area contributed by atoms with Gasteiger partial charge in [0.1, 0.15) is 5.75 Å². The highest BCUT2D eigenvalue weighted by atomic mass is 35.5. The fourth-order valence-electron chi connectivity index (χ4n) is 1.63. The van der Waals surface area contributed by atoms with E-state index in [1.165, 1.54) is 0 Å². The van der Waals surface area contributed by atoms with Crippen LogP contribution in [0.15, 0.2) is 41.4 Å². The minimum atomic E-state index is 0.494. The molecule has 20 heavy (non-hydrogen) atoms. The Morgan fingerprint density at radius 3 is 2.45 bits per heavy atom. The molecule has 0 unspecified atom stereocenters. The summed E-state index contributed by atoms with van der Waals surface area (Å²) < 4.78 is 5.53. The van der Waals surface area contributed by atoms with Crippen LogP contribution in [0.2, 0.25) is 15.1 Å². The van der Waals surface area contributed by atoms with Crippen molar-refractivity contribution in [2.24, 2.45) is 4.99 Å². The topological polar surface area (TPSA) is 21.6 Å². The van der Waals surface area contributed by atoms with Gasteiger partial charge in [0.25, 0.3) is 0 Å². The molecule has 0 saturated heterocycles. The highest BCUT2D eigenvalue weighted by Gasteiger charge is 2.03. The van der Waals surface area contributed by atoms with Gasteiger partial charge in [-0.15, -0.1) is 0 Å². The number of aliphatic imine (C=N–C) groups is 1. The van der Waals surface area contributed by atoms with Crippen LogP contribution >= 0.6 is 34.8 Å². The zero-order valence-electron chi connectivity index (χ0n) is 10.7. The number of halogens is 3. The summed E-state index contributed by atoms with van der Waals surface area (Å²) in [7, 11) is 0. The molecule has 0 radical (unpaired) electrons. The summed E-state index contributed by atoms with van der Waals surface area (Å²) in [6, 6.07) is 10.5. The van der Waals surface area contributed by atoms with Crippen molar-refractivity contribution in [3.8, 4) is 5.75 Å². The number of hydrogen-bond acceptors (Lipinski definition) is 2. The number of rotatable bonds is 4. The molecule has 5 heteroatoms. The molecule has 0 aliphatic rings. The van der Waals surface area contributed by atoms with E-state index < -0.39 is 0 Å². The van der Waals surface area contributed by atoms with Crippen LogP contribution in [-0.4, -0.2) is 12.8 Å². The lowest BCUT2D eigenvalue weighted by atomic mass is 10.2. The Bertz CT molecular complexity index is 641. The van der Waals surface area contributed by atoms with Crippen LogP contribution in [0.1, 0.15) is 12.5 Å². The monoisotopic (exact) mass is 327 g/mol. The van der Waals surface area contributed by atoms with Gasteiger partial charge in [0.2, 0.25) is 0 Å². The average Bonchev–Trinajstić information content (AvgIpc) is 2.41. The molecule has 2 aromatic carbocycles.